The minimum atomic E-state index is -0.725. The van der Waals surface area contributed by atoms with Gasteiger partial charge in [-0.3, -0.25) is 9.59 Å². The van der Waals surface area contributed by atoms with Gasteiger partial charge in [0.1, 0.15) is 23.8 Å². The van der Waals surface area contributed by atoms with E-state index >= 15 is 0 Å². The molecular weight excluding hydrogens is 292 g/mol. The highest BCUT2D eigenvalue weighted by Gasteiger charge is 2.39. The highest BCUT2D eigenvalue weighted by atomic mass is 35.5. The van der Waals surface area contributed by atoms with Crippen molar-refractivity contribution in [2.24, 2.45) is 0 Å². The molecule has 1 saturated carbocycles. The number of carbonyl (C=O) groups is 2. The van der Waals surface area contributed by atoms with Gasteiger partial charge < -0.3 is 9.47 Å². The molecule has 1 aliphatic rings. The fourth-order valence-electron chi connectivity index (χ4n) is 2.47. The van der Waals surface area contributed by atoms with Crippen molar-refractivity contribution >= 4 is 23.4 Å². The normalized spacial score (nSPS) is 16.5. The quantitative estimate of drug-likeness (QED) is 0.350. The first-order chi connectivity index (χ1) is 10.0. The van der Waals surface area contributed by atoms with E-state index in [9.17, 15) is 9.59 Å². The van der Waals surface area contributed by atoms with E-state index in [1.165, 1.54) is 6.92 Å². The summed E-state index contributed by atoms with van der Waals surface area (Å²) in [6.07, 6.45) is 3.50. The third-order valence-corrected chi connectivity index (χ3v) is 4.13. The molecular formula is C16H19ClO4. The Balaban J connectivity index is 1.89. The molecule has 0 N–H and O–H groups in total. The van der Waals surface area contributed by atoms with Gasteiger partial charge >= 0.3 is 5.97 Å². The molecule has 5 heteroatoms. The van der Waals surface area contributed by atoms with Crippen molar-refractivity contribution in [3.8, 4) is 5.75 Å². The molecule has 1 fully saturated rings. The topological polar surface area (TPSA) is 52.6 Å². The van der Waals surface area contributed by atoms with Crippen LogP contribution in [0.25, 0.3) is 0 Å². The molecule has 0 atom stereocenters. The van der Waals surface area contributed by atoms with Crippen molar-refractivity contribution in [2.45, 2.75) is 37.5 Å². The number of esters is 1. The Morgan fingerprint density at radius 1 is 1.14 bits per heavy atom. The summed E-state index contributed by atoms with van der Waals surface area (Å²) in [5.74, 6) is 0.297. The van der Waals surface area contributed by atoms with E-state index in [2.05, 4.69) is 0 Å². The maximum absolute atomic E-state index is 12.4. The number of halogens is 1. The SMILES string of the molecule is CC(=O)OCCOc1ccc(C(=O)C2(Cl)CCCC2)cc1. The van der Waals surface area contributed by atoms with Crippen molar-refractivity contribution in [3.63, 3.8) is 0 Å². The zero-order chi connectivity index (χ0) is 15.3. The van der Waals surface area contributed by atoms with Gasteiger partial charge in [-0.25, -0.2) is 0 Å². The lowest BCUT2D eigenvalue weighted by atomic mass is 9.95. The largest absolute Gasteiger partial charge is 0.490 e. The first-order valence-electron chi connectivity index (χ1n) is 7.11. The molecule has 21 heavy (non-hydrogen) atoms. The molecule has 0 unspecified atom stereocenters. The fraction of sp³-hybridized carbons (Fsp3) is 0.500. The molecule has 0 radical (unpaired) electrons. The third kappa shape index (κ3) is 4.21. The molecule has 2 rings (SSSR count). The molecule has 0 spiro atoms. The Morgan fingerprint density at radius 2 is 1.76 bits per heavy atom. The Kier molecular flexibility index (Phi) is 5.23. The molecule has 1 aliphatic carbocycles. The van der Waals surface area contributed by atoms with Gasteiger partial charge in [-0.15, -0.1) is 11.6 Å². The second kappa shape index (κ2) is 6.94. The summed E-state index contributed by atoms with van der Waals surface area (Å²) in [6, 6.07) is 6.92. The lowest BCUT2D eigenvalue weighted by Crippen LogP contribution is -2.28. The van der Waals surface area contributed by atoms with Crippen molar-refractivity contribution in [2.75, 3.05) is 13.2 Å². The van der Waals surface area contributed by atoms with Crippen LogP contribution in [-0.2, 0) is 9.53 Å². The molecule has 0 amide bonds. The second-order valence-corrected chi connectivity index (χ2v) is 5.94. The number of alkyl halides is 1. The molecule has 114 valence electrons. The van der Waals surface area contributed by atoms with Gasteiger partial charge in [0, 0.05) is 12.5 Å². The first kappa shape index (κ1) is 15.8. The highest BCUT2D eigenvalue weighted by molar-refractivity contribution is 6.38. The molecule has 1 aromatic carbocycles. The van der Waals surface area contributed by atoms with Crippen LogP contribution in [0.2, 0.25) is 0 Å². The Hall–Kier alpha value is -1.55. The van der Waals surface area contributed by atoms with Crippen LogP contribution in [0, 0.1) is 0 Å². The molecule has 0 bridgehead atoms. The van der Waals surface area contributed by atoms with Crippen LogP contribution in [0.4, 0.5) is 0 Å². The highest BCUT2D eigenvalue weighted by Crippen LogP contribution is 2.38. The van der Waals surface area contributed by atoms with Gasteiger partial charge in [0.05, 0.1) is 0 Å². The van der Waals surface area contributed by atoms with E-state index < -0.39 is 4.87 Å². The fourth-order valence-corrected chi connectivity index (χ4v) is 2.84. The van der Waals surface area contributed by atoms with Gasteiger partial charge in [0.15, 0.2) is 5.78 Å². The maximum atomic E-state index is 12.4. The van der Waals surface area contributed by atoms with Crippen LogP contribution in [0.3, 0.4) is 0 Å². The average molecular weight is 311 g/mol. The Bertz CT molecular complexity index is 504. The number of carbonyl (C=O) groups excluding carboxylic acids is 2. The van der Waals surface area contributed by atoms with Gasteiger partial charge in [-0.1, -0.05) is 12.8 Å². The number of hydrogen-bond donors (Lipinski definition) is 0. The Morgan fingerprint density at radius 3 is 2.33 bits per heavy atom. The minimum absolute atomic E-state index is 0.00636. The van der Waals surface area contributed by atoms with Crippen LogP contribution in [0.1, 0.15) is 43.0 Å². The van der Waals surface area contributed by atoms with Gasteiger partial charge in [0.2, 0.25) is 0 Å². The van der Waals surface area contributed by atoms with Crippen LogP contribution in [0.15, 0.2) is 24.3 Å². The van der Waals surface area contributed by atoms with Crippen molar-refractivity contribution in [3.05, 3.63) is 29.8 Å². The van der Waals surface area contributed by atoms with Gasteiger partial charge in [-0.2, -0.15) is 0 Å². The molecule has 0 saturated heterocycles. The maximum Gasteiger partial charge on any atom is 0.302 e. The lowest BCUT2D eigenvalue weighted by Gasteiger charge is -2.19. The minimum Gasteiger partial charge on any atom is -0.490 e. The summed E-state index contributed by atoms with van der Waals surface area (Å²) < 4.78 is 10.2. The number of hydrogen-bond acceptors (Lipinski definition) is 4. The van der Waals surface area contributed by atoms with E-state index in [1.54, 1.807) is 24.3 Å². The molecule has 0 aliphatic heterocycles. The second-order valence-electron chi connectivity index (χ2n) is 5.21. The summed E-state index contributed by atoms with van der Waals surface area (Å²) >= 11 is 6.40. The zero-order valence-electron chi connectivity index (χ0n) is 12.1. The van der Waals surface area contributed by atoms with Gasteiger partial charge in [0.25, 0.3) is 0 Å². The average Bonchev–Trinajstić information content (AvgIpc) is 2.91. The van der Waals surface area contributed by atoms with E-state index in [4.69, 9.17) is 21.1 Å². The third-order valence-electron chi connectivity index (χ3n) is 3.58. The van der Waals surface area contributed by atoms with Crippen LogP contribution in [-0.4, -0.2) is 29.8 Å². The predicted molar refractivity (Wildman–Crippen MR) is 80.0 cm³/mol. The Labute approximate surface area is 129 Å². The summed E-state index contributed by atoms with van der Waals surface area (Å²) in [7, 11) is 0. The number of benzene rings is 1. The number of Topliss-reactive ketones (excluding diaryl/α,β-unsaturated/α-hetero) is 1. The van der Waals surface area contributed by atoms with E-state index in [0.717, 1.165) is 25.7 Å². The van der Waals surface area contributed by atoms with Crippen LogP contribution >= 0.6 is 11.6 Å². The molecule has 0 heterocycles. The lowest BCUT2D eigenvalue weighted by molar-refractivity contribution is -0.141. The first-order valence-corrected chi connectivity index (χ1v) is 7.49. The van der Waals surface area contributed by atoms with Crippen molar-refractivity contribution in [1.29, 1.82) is 0 Å². The standard InChI is InChI=1S/C16H19ClO4/c1-12(18)20-10-11-21-14-6-4-13(5-7-14)15(19)16(17)8-2-3-9-16/h4-7H,2-3,8-11H2,1H3. The summed E-state index contributed by atoms with van der Waals surface area (Å²) in [4.78, 5) is 22.3. The van der Waals surface area contributed by atoms with Crippen molar-refractivity contribution in [1.82, 2.24) is 0 Å². The zero-order valence-corrected chi connectivity index (χ0v) is 12.8. The number of ether oxygens (including phenoxy) is 2. The monoisotopic (exact) mass is 310 g/mol. The summed E-state index contributed by atoms with van der Waals surface area (Å²) in [5, 5.41) is 0. The molecule has 0 aromatic heterocycles. The van der Waals surface area contributed by atoms with Gasteiger partial charge in [-0.05, 0) is 37.1 Å². The van der Waals surface area contributed by atoms with Crippen LogP contribution in [0.5, 0.6) is 5.75 Å². The number of rotatable bonds is 6. The molecule has 1 aromatic rings. The molecule has 4 nitrogen and oxygen atoms in total. The predicted octanol–water partition coefficient (Wildman–Crippen LogP) is 3.36. The van der Waals surface area contributed by atoms with E-state index in [0.29, 0.717) is 11.3 Å². The van der Waals surface area contributed by atoms with E-state index in [1.807, 2.05) is 0 Å². The summed E-state index contributed by atoms with van der Waals surface area (Å²) in [5.41, 5.74) is 0.610. The van der Waals surface area contributed by atoms with E-state index in [-0.39, 0.29) is 25.0 Å². The number of ketones is 1. The van der Waals surface area contributed by atoms with Crippen LogP contribution < -0.4 is 4.74 Å². The smallest absolute Gasteiger partial charge is 0.302 e. The summed E-state index contributed by atoms with van der Waals surface area (Å²) in [6.45, 7) is 1.85. The van der Waals surface area contributed by atoms with Crippen molar-refractivity contribution < 1.29 is 19.1 Å².